The molecule has 110 valence electrons. The fourth-order valence-corrected chi connectivity index (χ4v) is 1.96. The Kier molecular flexibility index (Phi) is 3.46. The summed E-state index contributed by atoms with van der Waals surface area (Å²) in [6, 6.07) is 0.385. The Morgan fingerprint density at radius 1 is 1.43 bits per heavy atom. The molecule has 0 N–H and O–H groups in total. The van der Waals surface area contributed by atoms with Crippen LogP contribution >= 0.6 is 0 Å². The highest BCUT2D eigenvalue weighted by Gasteiger charge is 2.28. The van der Waals surface area contributed by atoms with E-state index in [0.29, 0.717) is 24.1 Å². The second-order valence-electron chi connectivity index (χ2n) is 4.84. The van der Waals surface area contributed by atoms with Gasteiger partial charge in [0.05, 0.1) is 11.7 Å². The highest BCUT2D eigenvalue weighted by Crippen LogP contribution is 2.34. The molecular formula is C12H15N7O2. The van der Waals surface area contributed by atoms with Crippen LogP contribution in [0.15, 0.2) is 12.7 Å². The summed E-state index contributed by atoms with van der Waals surface area (Å²) in [6.07, 6.45) is 3.68. The van der Waals surface area contributed by atoms with Gasteiger partial charge in [0.15, 0.2) is 11.5 Å². The minimum absolute atomic E-state index is 0.144. The average molecular weight is 289 g/mol. The van der Waals surface area contributed by atoms with Crippen molar-refractivity contribution >= 4 is 5.97 Å². The lowest BCUT2D eigenvalue weighted by Crippen LogP contribution is -2.12. The normalized spacial score (nSPS) is 14.1. The molecule has 0 unspecified atom stereocenters. The number of nitrogens with zero attached hydrogens (tertiary/aromatic N) is 7. The second-order valence-corrected chi connectivity index (χ2v) is 4.84. The zero-order valence-electron chi connectivity index (χ0n) is 11.6. The lowest BCUT2D eigenvalue weighted by atomic mass is 10.3. The van der Waals surface area contributed by atoms with E-state index < -0.39 is 5.97 Å². The molecule has 0 atom stereocenters. The zero-order chi connectivity index (χ0) is 14.8. The van der Waals surface area contributed by atoms with E-state index >= 15 is 0 Å². The van der Waals surface area contributed by atoms with Crippen LogP contribution in [0.1, 0.15) is 40.9 Å². The van der Waals surface area contributed by atoms with Crippen molar-refractivity contribution in [2.75, 3.05) is 6.61 Å². The molecule has 0 radical (unpaired) electrons. The van der Waals surface area contributed by atoms with Crippen LogP contribution in [0.3, 0.4) is 0 Å². The molecule has 1 fully saturated rings. The largest absolute Gasteiger partial charge is 0.457 e. The van der Waals surface area contributed by atoms with Crippen molar-refractivity contribution < 1.29 is 9.53 Å². The Bertz CT molecular complexity index is 671. The molecule has 9 nitrogen and oxygen atoms in total. The molecule has 2 aromatic heterocycles. The number of ether oxygens (including phenoxy) is 1. The Labute approximate surface area is 120 Å². The third-order valence-corrected chi connectivity index (χ3v) is 3.25. The number of hydrogen-bond donors (Lipinski definition) is 0. The van der Waals surface area contributed by atoms with E-state index in [1.807, 2.05) is 0 Å². The van der Waals surface area contributed by atoms with Crippen molar-refractivity contribution in [3.8, 4) is 0 Å². The average Bonchev–Trinajstić information content (AvgIpc) is 3.12. The lowest BCUT2D eigenvalue weighted by Gasteiger charge is -2.04. The molecule has 2 aromatic rings. The molecule has 1 saturated carbocycles. The summed E-state index contributed by atoms with van der Waals surface area (Å²) >= 11 is 0. The Hall–Kier alpha value is -2.58. The van der Waals surface area contributed by atoms with E-state index in [1.54, 1.807) is 16.3 Å². The first kappa shape index (κ1) is 13.4. The monoisotopic (exact) mass is 289 g/mol. The number of hydrogen-bond acceptors (Lipinski definition) is 7. The molecule has 0 amide bonds. The number of aromatic nitrogens is 7. The number of carbonyl (C=O) groups is 1. The maximum absolute atomic E-state index is 11.8. The van der Waals surface area contributed by atoms with E-state index in [9.17, 15) is 4.79 Å². The van der Waals surface area contributed by atoms with Crippen molar-refractivity contribution in [1.29, 1.82) is 0 Å². The van der Waals surface area contributed by atoms with Gasteiger partial charge in [0.25, 0.3) is 0 Å². The maximum atomic E-state index is 11.8. The van der Waals surface area contributed by atoms with Crippen molar-refractivity contribution in [3.63, 3.8) is 0 Å². The Morgan fingerprint density at radius 3 is 2.95 bits per heavy atom. The smallest absolute Gasteiger partial charge is 0.361 e. The number of carbonyl (C=O) groups excluding carboxylic acids is 1. The van der Waals surface area contributed by atoms with E-state index in [4.69, 9.17) is 4.74 Å². The standard InChI is InChI=1S/C12H15N7O2/c1-3-6-21-12(20)11-8(2)18(16-14-11)7-10-13-15-17-19(10)9-4-5-9/h3,9H,1,4-7H2,2H3. The van der Waals surface area contributed by atoms with E-state index in [1.165, 1.54) is 6.08 Å². The van der Waals surface area contributed by atoms with E-state index in [-0.39, 0.29) is 12.3 Å². The molecule has 0 aromatic carbocycles. The fraction of sp³-hybridized carbons (Fsp3) is 0.500. The SMILES string of the molecule is C=CCOC(=O)c1nnn(Cc2nnnn2C2CC2)c1C. The molecule has 3 rings (SSSR count). The summed E-state index contributed by atoms with van der Waals surface area (Å²) in [5.74, 6) is 0.192. The number of rotatable bonds is 6. The highest BCUT2D eigenvalue weighted by atomic mass is 16.5. The molecular weight excluding hydrogens is 274 g/mol. The third-order valence-electron chi connectivity index (χ3n) is 3.25. The first-order valence-corrected chi connectivity index (χ1v) is 6.65. The van der Waals surface area contributed by atoms with Crippen LogP contribution in [0.2, 0.25) is 0 Å². The predicted octanol–water partition coefficient (Wildman–Crippen LogP) is 0.299. The summed E-state index contributed by atoms with van der Waals surface area (Å²) in [5, 5.41) is 19.5. The molecule has 0 spiro atoms. The number of esters is 1. The van der Waals surface area contributed by atoms with Gasteiger partial charge in [-0.15, -0.1) is 10.2 Å². The predicted molar refractivity (Wildman–Crippen MR) is 70.4 cm³/mol. The number of tetrazole rings is 1. The van der Waals surface area contributed by atoms with Crippen molar-refractivity contribution in [2.24, 2.45) is 0 Å². The first-order chi connectivity index (χ1) is 10.2. The summed E-state index contributed by atoms with van der Waals surface area (Å²) in [4.78, 5) is 11.8. The minimum Gasteiger partial charge on any atom is -0.457 e. The van der Waals surface area contributed by atoms with Crippen LogP contribution in [0.25, 0.3) is 0 Å². The van der Waals surface area contributed by atoms with Crippen LogP contribution in [-0.2, 0) is 11.3 Å². The summed E-state index contributed by atoms with van der Waals surface area (Å²) in [6.45, 7) is 5.77. The van der Waals surface area contributed by atoms with Crippen molar-refractivity contribution in [3.05, 3.63) is 29.9 Å². The fourth-order valence-electron chi connectivity index (χ4n) is 1.96. The summed E-state index contributed by atoms with van der Waals surface area (Å²) < 4.78 is 8.35. The van der Waals surface area contributed by atoms with Gasteiger partial charge in [-0.25, -0.2) is 14.2 Å². The van der Waals surface area contributed by atoms with Gasteiger partial charge in [0.2, 0.25) is 0 Å². The molecule has 1 aliphatic rings. The minimum atomic E-state index is -0.513. The van der Waals surface area contributed by atoms with E-state index in [2.05, 4.69) is 32.4 Å². The molecule has 2 heterocycles. The van der Waals surface area contributed by atoms with Crippen LogP contribution < -0.4 is 0 Å². The van der Waals surface area contributed by atoms with Crippen LogP contribution in [0.4, 0.5) is 0 Å². The summed E-state index contributed by atoms with van der Waals surface area (Å²) in [7, 11) is 0. The zero-order valence-corrected chi connectivity index (χ0v) is 11.6. The van der Waals surface area contributed by atoms with Crippen LogP contribution in [0.5, 0.6) is 0 Å². The molecule has 1 aliphatic carbocycles. The van der Waals surface area contributed by atoms with Crippen molar-refractivity contribution in [1.82, 2.24) is 35.2 Å². The van der Waals surface area contributed by atoms with Gasteiger partial charge < -0.3 is 4.74 Å². The second kappa shape index (κ2) is 5.43. The van der Waals surface area contributed by atoms with Crippen molar-refractivity contribution in [2.45, 2.75) is 32.4 Å². The van der Waals surface area contributed by atoms with Gasteiger partial charge >= 0.3 is 5.97 Å². The van der Waals surface area contributed by atoms with Crippen LogP contribution in [-0.4, -0.2) is 47.8 Å². The lowest BCUT2D eigenvalue weighted by molar-refractivity contribution is 0.0542. The molecule has 21 heavy (non-hydrogen) atoms. The van der Waals surface area contributed by atoms with Gasteiger partial charge in [-0.05, 0) is 30.2 Å². The van der Waals surface area contributed by atoms with Crippen LogP contribution in [0, 0.1) is 6.92 Å². The first-order valence-electron chi connectivity index (χ1n) is 6.65. The molecule has 0 saturated heterocycles. The molecule has 0 bridgehead atoms. The van der Waals surface area contributed by atoms with Gasteiger partial charge in [-0.3, -0.25) is 0 Å². The van der Waals surface area contributed by atoms with Gasteiger partial charge in [0, 0.05) is 0 Å². The van der Waals surface area contributed by atoms with Gasteiger partial charge in [0.1, 0.15) is 13.2 Å². The maximum Gasteiger partial charge on any atom is 0.361 e. The van der Waals surface area contributed by atoms with Gasteiger partial charge in [-0.1, -0.05) is 17.9 Å². The highest BCUT2D eigenvalue weighted by molar-refractivity contribution is 5.88. The van der Waals surface area contributed by atoms with Gasteiger partial charge in [-0.2, -0.15) is 0 Å². The third kappa shape index (κ3) is 2.67. The quantitative estimate of drug-likeness (QED) is 0.556. The Balaban J connectivity index is 1.77. The topological polar surface area (TPSA) is 101 Å². The molecule has 9 heteroatoms. The Morgan fingerprint density at radius 2 is 2.24 bits per heavy atom. The van der Waals surface area contributed by atoms with E-state index in [0.717, 1.165) is 12.8 Å². The summed E-state index contributed by atoms with van der Waals surface area (Å²) in [5.41, 5.74) is 0.816. The molecule has 0 aliphatic heterocycles.